The number of amides is 2. The molecule has 0 saturated heterocycles. The Morgan fingerprint density at radius 1 is 1.19 bits per heavy atom. The van der Waals surface area contributed by atoms with Crippen molar-refractivity contribution in [2.75, 3.05) is 6.54 Å². The molecule has 2 amide bonds. The minimum Gasteiger partial charge on any atom is -0.467 e. The van der Waals surface area contributed by atoms with E-state index in [-0.39, 0.29) is 24.6 Å². The fourth-order valence-corrected chi connectivity index (χ4v) is 2.64. The van der Waals surface area contributed by atoms with Gasteiger partial charge in [-0.2, -0.15) is 13.2 Å². The SMILES string of the molecule is CC(=O)NC(CC(=O)N(Cc1ccco1)CC(F)(F)F)c1ccc(C)cc1. The van der Waals surface area contributed by atoms with Gasteiger partial charge < -0.3 is 14.6 Å². The van der Waals surface area contributed by atoms with Crippen molar-refractivity contribution in [3.63, 3.8) is 0 Å². The monoisotopic (exact) mass is 382 g/mol. The molecule has 0 bridgehead atoms. The number of aryl methyl sites for hydroxylation is 1. The number of nitrogens with zero attached hydrogens (tertiary/aromatic N) is 1. The van der Waals surface area contributed by atoms with Crippen molar-refractivity contribution in [3.8, 4) is 0 Å². The molecule has 1 aromatic carbocycles. The van der Waals surface area contributed by atoms with Gasteiger partial charge >= 0.3 is 6.18 Å². The zero-order valence-corrected chi connectivity index (χ0v) is 15.0. The van der Waals surface area contributed by atoms with Gasteiger partial charge in [-0.1, -0.05) is 29.8 Å². The average Bonchev–Trinajstić information content (AvgIpc) is 3.05. The molecule has 1 atom stereocenters. The zero-order chi connectivity index (χ0) is 20.0. The maximum absolute atomic E-state index is 12.9. The first kappa shape index (κ1) is 20.5. The minimum atomic E-state index is -4.55. The normalized spacial score (nSPS) is 12.5. The molecule has 2 aromatic rings. The number of carbonyl (C=O) groups is 2. The largest absolute Gasteiger partial charge is 0.467 e. The van der Waals surface area contributed by atoms with Crippen LogP contribution in [0.5, 0.6) is 0 Å². The van der Waals surface area contributed by atoms with Gasteiger partial charge in [-0.15, -0.1) is 0 Å². The molecule has 1 aromatic heterocycles. The fourth-order valence-electron chi connectivity index (χ4n) is 2.64. The molecule has 0 aliphatic carbocycles. The summed E-state index contributed by atoms with van der Waals surface area (Å²) in [4.78, 5) is 24.8. The third kappa shape index (κ3) is 6.80. The van der Waals surface area contributed by atoms with E-state index in [0.29, 0.717) is 10.5 Å². The molecule has 0 saturated carbocycles. The summed E-state index contributed by atoms with van der Waals surface area (Å²) in [5.41, 5.74) is 1.64. The lowest BCUT2D eigenvalue weighted by atomic mass is 10.0. The van der Waals surface area contributed by atoms with Gasteiger partial charge in [-0.25, -0.2) is 0 Å². The van der Waals surface area contributed by atoms with Gasteiger partial charge in [-0.3, -0.25) is 9.59 Å². The quantitative estimate of drug-likeness (QED) is 0.793. The predicted octanol–water partition coefficient (Wildman–Crippen LogP) is 3.75. The molecule has 0 radical (unpaired) electrons. The van der Waals surface area contributed by atoms with Crippen LogP contribution >= 0.6 is 0 Å². The predicted molar refractivity (Wildman–Crippen MR) is 92.5 cm³/mol. The maximum atomic E-state index is 12.9. The molecule has 5 nitrogen and oxygen atoms in total. The lowest BCUT2D eigenvalue weighted by Crippen LogP contribution is -2.40. The van der Waals surface area contributed by atoms with Crippen LogP contribution in [-0.2, 0) is 16.1 Å². The second kappa shape index (κ2) is 8.75. The van der Waals surface area contributed by atoms with E-state index >= 15 is 0 Å². The molecule has 0 aliphatic heterocycles. The molecule has 0 aliphatic rings. The Hall–Kier alpha value is -2.77. The Bertz CT molecular complexity index is 756. The highest BCUT2D eigenvalue weighted by Crippen LogP contribution is 2.23. The Kier molecular flexibility index (Phi) is 6.65. The van der Waals surface area contributed by atoms with E-state index in [1.807, 2.05) is 19.1 Å². The number of halogens is 3. The Labute approximate surface area is 155 Å². The van der Waals surface area contributed by atoms with Crippen molar-refractivity contribution in [2.24, 2.45) is 0 Å². The van der Waals surface area contributed by atoms with Crippen LogP contribution in [0.1, 0.15) is 36.3 Å². The Balaban J connectivity index is 2.19. The van der Waals surface area contributed by atoms with Crippen molar-refractivity contribution >= 4 is 11.8 Å². The first-order valence-electron chi connectivity index (χ1n) is 8.34. The lowest BCUT2D eigenvalue weighted by Gasteiger charge is -2.26. The molecule has 146 valence electrons. The Morgan fingerprint density at radius 2 is 1.85 bits per heavy atom. The third-order valence-electron chi connectivity index (χ3n) is 3.89. The van der Waals surface area contributed by atoms with Crippen LogP contribution in [0.3, 0.4) is 0 Å². The summed E-state index contributed by atoms with van der Waals surface area (Å²) in [5, 5.41) is 2.63. The van der Waals surface area contributed by atoms with Gasteiger partial charge in [0.05, 0.1) is 25.3 Å². The second-order valence-corrected chi connectivity index (χ2v) is 6.31. The minimum absolute atomic E-state index is 0.249. The summed E-state index contributed by atoms with van der Waals surface area (Å²) < 4.78 is 43.8. The molecule has 1 heterocycles. The number of rotatable bonds is 7. The molecular formula is C19H21F3N2O3. The zero-order valence-electron chi connectivity index (χ0n) is 15.0. The van der Waals surface area contributed by atoms with Crippen molar-refractivity contribution in [2.45, 2.75) is 39.0 Å². The number of hydrogen-bond acceptors (Lipinski definition) is 3. The van der Waals surface area contributed by atoms with Gasteiger partial charge in [0.2, 0.25) is 11.8 Å². The van der Waals surface area contributed by atoms with Crippen LogP contribution in [-0.4, -0.2) is 29.4 Å². The van der Waals surface area contributed by atoms with Crippen LogP contribution in [0.15, 0.2) is 47.1 Å². The van der Waals surface area contributed by atoms with Gasteiger partial charge in [0.1, 0.15) is 12.3 Å². The summed E-state index contributed by atoms with van der Waals surface area (Å²) in [7, 11) is 0. The van der Waals surface area contributed by atoms with Crippen LogP contribution in [0.25, 0.3) is 0 Å². The standard InChI is InChI=1S/C19H21F3N2O3/c1-13-5-7-15(8-6-13)17(23-14(2)25)10-18(26)24(12-19(20,21)22)11-16-4-3-9-27-16/h3-9,17H,10-12H2,1-2H3,(H,23,25). The van der Waals surface area contributed by atoms with Crippen molar-refractivity contribution in [3.05, 3.63) is 59.5 Å². The summed E-state index contributed by atoms with van der Waals surface area (Å²) in [5.74, 6) is -0.858. The van der Waals surface area contributed by atoms with E-state index in [2.05, 4.69) is 5.32 Å². The van der Waals surface area contributed by atoms with Gasteiger partial charge in [-0.05, 0) is 24.6 Å². The molecule has 8 heteroatoms. The number of nitrogens with one attached hydrogen (secondary N) is 1. The van der Waals surface area contributed by atoms with Crippen LogP contribution in [0.2, 0.25) is 0 Å². The summed E-state index contributed by atoms with van der Waals surface area (Å²) in [6.07, 6.45) is -3.51. The van der Waals surface area contributed by atoms with Gasteiger partial charge in [0.25, 0.3) is 0 Å². The summed E-state index contributed by atoms with van der Waals surface area (Å²) >= 11 is 0. The topological polar surface area (TPSA) is 62.6 Å². The van der Waals surface area contributed by atoms with Crippen molar-refractivity contribution < 1.29 is 27.2 Å². The first-order valence-corrected chi connectivity index (χ1v) is 8.34. The highest BCUT2D eigenvalue weighted by atomic mass is 19.4. The smallest absolute Gasteiger partial charge is 0.406 e. The molecule has 2 rings (SSSR count). The van der Waals surface area contributed by atoms with E-state index in [1.54, 1.807) is 12.1 Å². The third-order valence-corrected chi connectivity index (χ3v) is 3.89. The highest BCUT2D eigenvalue weighted by Gasteiger charge is 2.34. The van der Waals surface area contributed by atoms with E-state index in [0.717, 1.165) is 5.56 Å². The molecule has 1 N–H and O–H groups in total. The van der Waals surface area contributed by atoms with Crippen LogP contribution in [0.4, 0.5) is 13.2 Å². The number of benzene rings is 1. The number of carbonyl (C=O) groups excluding carboxylic acids is 2. The van der Waals surface area contributed by atoms with Crippen molar-refractivity contribution in [1.29, 1.82) is 0 Å². The molecule has 1 unspecified atom stereocenters. The average molecular weight is 382 g/mol. The summed E-state index contributed by atoms with van der Waals surface area (Å²) in [6, 6.07) is 9.42. The number of alkyl halides is 3. The molecule has 0 spiro atoms. The maximum Gasteiger partial charge on any atom is 0.406 e. The summed E-state index contributed by atoms with van der Waals surface area (Å²) in [6.45, 7) is 1.48. The van der Waals surface area contributed by atoms with Crippen molar-refractivity contribution in [1.82, 2.24) is 10.2 Å². The van der Waals surface area contributed by atoms with E-state index < -0.39 is 24.7 Å². The van der Waals surface area contributed by atoms with E-state index in [9.17, 15) is 22.8 Å². The molecule has 0 fully saturated rings. The molecule has 27 heavy (non-hydrogen) atoms. The highest BCUT2D eigenvalue weighted by molar-refractivity contribution is 5.79. The van der Waals surface area contributed by atoms with E-state index in [4.69, 9.17) is 4.42 Å². The van der Waals surface area contributed by atoms with Crippen LogP contribution < -0.4 is 5.32 Å². The lowest BCUT2D eigenvalue weighted by molar-refractivity contribution is -0.163. The van der Waals surface area contributed by atoms with Crippen LogP contribution in [0, 0.1) is 6.92 Å². The fraction of sp³-hybridized carbons (Fsp3) is 0.368. The van der Waals surface area contributed by atoms with E-state index in [1.165, 1.54) is 25.3 Å². The Morgan fingerprint density at radius 3 is 2.37 bits per heavy atom. The number of furan rings is 1. The van der Waals surface area contributed by atoms with Gasteiger partial charge in [0.15, 0.2) is 0 Å². The number of hydrogen-bond donors (Lipinski definition) is 1. The second-order valence-electron chi connectivity index (χ2n) is 6.31. The molecular weight excluding hydrogens is 361 g/mol. The van der Waals surface area contributed by atoms with Gasteiger partial charge in [0, 0.05) is 6.92 Å². The first-order chi connectivity index (χ1) is 12.6.